The van der Waals surface area contributed by atoms with E-state index in [0.29, 0.717) is 17.9 Å². The van der Waals surface area contributed by atoms with Crippen LogP contribution in [-0.4, -0.2) is 26.7 Å². The van der Waals surface area contributed by atoms with Crippen LogP contribution in [0.5, 0.6) is 0 Å². The Bertz CT molecular complexity index is 912. The van der Waals surface area contributed by atoms with E-state index < -0.39 is 10.9 Å². The summed E-state index contributed by atoms with van der Waals surface area (Å²) in [6.07, 6.45) is 3.60. The minimum Gasteiger partial charge on any atom is -0.380 e. The SMILES string of the molecule is CC.CC[C@H](Cc1ccsc1)Nc1c(NCCCc2ccccc2)c(=O)c1=O.CNC.[HH].[HH]. The first-order valence-corrected chi connectivity index (χ1v) is 12.0. The number of rotatable bonds is 10. The maximum absolute atomic E-state index is 12.0. The third-order valence-corrected chi connectivity index (χ3v) is 5.33. The summed E-state index contributed by atoms with van der Waals surface area (Å²) in [6, 6.07) is 12.5. The lowest BCUT2D eigenvalue weighted by Gasteiger charge is -2.21. The molecular weight excluding hydrogens is 406 g/mol. The van der Waals surface area contributed by atoms with Crippen molar-refractivity contribution in [2.75, 3.05) is 31.3 Å². The average molecular weight is 448 g/mol. The number of benzene rings is 1. The molecule has 1 aromatic heterocycles. The van der Waals surface area contributed by atoms with Crippen LogP contribution in [-0.2, 0) is 12.8 Å². The molecular formula is C25H41N3O2S. The number of hydrogen-bond donors (Lipinski definition) is 3. The second-order valence-corrected chi connectivity index (χ2v) is 7.79. The Kier molecular flexibility index (Phi) is 13.2. The Balaban J connectivity index is 0. The van der Waals surface area contributed by atoms with E-state index in [-0.39, 0.29) is 8.90 Å². The highest BCUT2D eigenvalue weighted by Gasteiger charge is 2.22. The second-order valence-electron chi connectivity index (χ2n) is 7.01. The number of nitrogens with one attached hydrogen (secondary N) is 3. The van der Waals surface area contributed by atoms with Gasteiger partial charge >= 0.3 is 0 Å². The van der Waals surface area contributed by atoms with Crippen LogP contribution in [0.3, 0.4) is 0 Å². The van der Waals surface area contributed by atoms with Gasteiger partial charge in [-0.1, -0.05) is 51.1 Å². The number of anilines is 2. The van der Waals surface area contributed by atoms with Crippen molar-refractivity contribution in [3.05, 3.63) is 78.7 Å². The van der Waals surface area contributed by atoms with Crippen LogP contribution in [0.1, 0.15) is 47.6 Å². The van der Waals surface area contributed by atoms with Crippen LogP contribution >= 0.6 is 11.3 Å². The van der Waals surface area contributed by atoms with Gasteiger partial charge in [-0.25, -0.2) is 0 Å². The summed E-state index contributed by atoms with van der Waals surface area (Å²) in [5.41, 5.74) is 2.63. The smallest absolute Gasteiger partial charge is 0.253 e. The molecule has 31 heavy (non-hydrogen) atoms. The highest BCUT2D eigenvalue weighted by atomic mass is 32.1. The molecule has 0 aliphatic rings. The molecule has 0 aliphatic carbocycles. The van der Waals surface area contributed by atoms with Crippen LogP contribution in [0.2, 0.25) is 0 Å². The number of hydrogen-bond acceptors (Lipinski definition) is 6. The molecule has 1 atom stereocenters. The van der Waals surface area contributed by atoms with Crippen LogP contribution in [0.25, 0.3) is 0 Å². The summed E-state index contributed by atoms with van der Waals surface area (Å²) in [5.74, 6) is 0. The van der Waals surface area contributed by atoms with E-state index >= 15 is 0 Å². The summed E-state index contributed by atoms with van der Waals surface area (Å²) >= 11 is 1.67. The van der Waals surface area contributed by atoms with Crippen molar-refractivity contribution in [3.8, 4) is 0 Å². The highest BCUT2D eigenvalue weighted by Crippen LogP contribution is 2.19. The van der Waals surface area contributed by atoms with Gasteiger partial charge in [-0.15, -0.1) is 0 Å². The fourth-order valence-electron chi connectivity index (χ4n) is 3.04. The van der Waals surface area contributed by atoms with Crippen molar-refractivity contribution in [1.82, 2.24) is 5.32 Å². The topological polar surface area (TPSA) is 70.2 Å². The fraction of sp³-hybridized carbons (Fsp3) is 0.440. The molecule has 0 bridgehead atoms. The van der Waals surface area contributed by atoms with Gasteiger partial charge < -0.3 is 16.0 Å². The van der Waals surface area contributed by atoms with Gasteiger partial charge in [0.1, 0.15) is 11.4 Å². The first-order chi connectivity index (χ1) is 15.1. The molecule has 0 fully saturated rings. The van der Waals surface area contributed by atoms with Gasteiger partial charge in [0.25, 0.3) is 10.9 Å². The van der Waals surface area contributed by atoms with Crippen molar-refractivity contribution in [2.45, 2.75) is 52.5 Å². The molecule has 6 heteroatoms. The van der Waals surface area contributed by atoms with Gasteiger partial charge in [0.15, 0.2) is 0 Å². The van der Waals surface area contributed by atoms with E-state index in [1.165, 1.54) is 11.1 Å². The van der Waals surface area contributed by atoms with E-state index in [9.17, 15) is 9.59 Å². The van der Waals surface area contributed by atoms with Crippen molar-refractivity contribution in [3.63, 3.8) is 0 Å². The van der Waals surface area contributed by atoms with E-state index in [0.717, 1.165) is 25.7 Å². The molecule has 174 valence electrons. The summed E-state index contributed by atoms with van der Waals surface area (Å²) in [5, 5.41) is 13.4. The Labute approximate surface area is 193 Å². The zero-order chi connectivity index (χ0) is 23.1. The maximum Gasteiger partial charge on any atom is 0.253 e. The van der Waals surface area contributed by atoms with Gasteiger partial charge in [0.2, 0.25) is 0 Å². The number of aryl methyl sites for hydroxylation is 1. The van der Waals surface area contributed by atoms with E-state index in [4.69, 9.17) is 0 Å². The predicted octanol–water partition coefficient (Wildman–Crippen LogP) is 5.18. The predicted molar refractivity (Wildman–Crippen MR) is 141 cm³/mol. The van der Waals surface area contributed by atoms with Gasteiger partial charge in [0.05, 0.1) is 0 Å². The van der Waals surface area contributed by atoms with E-state index in [1.54, 1.807) is 11.3 Å². The van der Waals surface area contributed by atoms with Crippen molar-refractivity contribution < 1.29 is 2.85 Å². The van der Waals surface area contributed by atoms with Gasteiger partial charge in [-0.3, -0.25) is 9.59 Å². The fourth-order valence-corrected chi connectivity index (χ4v) is 3.72. The van der Waals surface area contributed by atoms with Crippen molar-refractivity contribution in [1.29, 1.82) is 0 Å². The molecule has 2 aromatic carbocycles. The standard InChI is InChI=1S/C21H24N2O2S.C2H7N.C2H6.2H2/c1-2-17(13-16-10-12-26-14-16)23-19-18(20(24)21(19)25)22-11-6-9-15-7-4-3-5-8-15;1-3-2;1-2;;/h3-5,7-8,10,12,14,17,22-23H,2,6,9,11,13H2,1H3;3H,1-2H3;1-2H3;2*1H/t17-;;;;/m1..../s1. The number of thiophene rings is 1. The summed E-state index contributed by atoms with van der Waals surface area (Å²) in [7, 11) is 3.75. The monoisotopic (exact) mass is 447 g/mol. The molecule has 3 rings (SSSR count). The largest absolute Gasteiger partial charge is 0.380 e. The molecule has 0 radical (unpaired) electrons. The minimum absolute atomic E-state index is 0. The Morgan fingerprint density at radius 3 is 2.19 bits per heavy atom. The maximum atomic E-state index is 12.0. The van der Waals surface area contributed by atoms with E-state index in [2.05, 4.69) is 51.8 Å². The summed E-state index contributed by atoms with van der Waals surface area (Å²) in [4.78, 5) is 23.9. The highest BCUT2D eigenvalue weighted by molar-refractivity contribution is 7.07. The molecule has 0 aliphatic heterocycles. The molecule has 0 amide bonds. The van der Waals surface area contributed by atoms with Crippen LogP contribution < -0.4 is 26.8 Å². The lowest BCUT2D eigenvalue weighted by atomic mass is 10.0. The first-order valence-electron chi connectivity index (χ1n) is 11.1. The van der Waals surface area contributed by atoms with Crippen molar-refractivity contribution >= 4 is 22.7 Å². The van der Waals surface area contributed by atoms with Crippen LogP contribution in [0, 0.1) is 0 Å². The molecule has 3 N–H and O–H groups in total. The van der Waals surface area contributed by atoms with Gasteiger partial charge in [-0.05, 0) is 67.7 Å². The molecule has 0 saturated heterocycles. The molecule has 3 aromatic rings. The quantitative estimate of drug-likeness (QED) is 0.295. The zero-order valence-corrected chi connectivity index (χ0v) is 20.3. The van der Waals surface area contributed by atoms with Gasteiger partial charge in [-0.2, -0.15) is 11.3 Å². The minimum atomic E-state index is -0.405. The Morgan fingerprint density at radius 1 is 0.968 bits per heavy atom. The second kappa shape index (κ2) is 15.4. The Morgan fingerprint density at radius 2 is 1.61 bits per heavy atom. The summed E-state index contributed by atoms with van der Waals surface area (Å²) < 4.78 is 0. The first kappa shape index (κ1) is 26.6. The third-order valence-electron chi connectivity index (χ3n) is 4.60. The molecule has 0 spiro atoms. The summed E-state index contributed by atoms with van der Waals surface area (Å²) in [6.45, 7) is 6.76. The van der Waals surface area contributed by atoms with Crippen LogP contribution in [0.4, 0.5) is 11.4 Å². The third kappa shape index (κ3) is 8.67. The molecule has 5 nitrogen and oxygen atoms in total. The van der Waals surface area contributed by atoms with Crippen LogP contribution in [0.15, 0.2) is 56.7 Å². The zero-order valence-electron chi connectivity index (χ0n) is 19.5. The molecule has 0 unspecified atom stereocenters. The molecule has 1 heterocycles. The van der Waals surface area contributed by atoms with E-state index in [1.807, 2.05) is 46.1 Å². The molecule has 0 saturated carbocycles. The normalized spacial score (nSPS) is 11.0. The average Bonchev–Trinajstić information content (AvgIpc) is 3.32. The van der Waals surface area contributed by atoms with Gasteiger partial charge in [0, 0.05) is 15.4 Å². The lowest BCUT2D eigenvalue weighted by molar-refractivity contribution is 0.690. The van der Waals surface area contributed by atoms with Crippen molar-refractivity contribution in [2.24, 2.45) is 0 Å². The Hall–Kier alpha value is -2.44. The lowest BCUT2D eigenvalue weighted by Crippen LogP contribution is -2.40.